The van der Waals surface area contributed by atoms with Gasteiger partial charge in [0.05, 0.1) is 5.56 Å². The number of carbonyl (C=O) groups is 1. The van der Waals surface area contributed by atoms with Crippen molar-refractivity contribution < 1.29 is 23.1 Å². The molecule has 0 aliphatic heterocycles. The van der Waals surface area contributed by atoms with E-state index in [-0.39, 0.29) is 6.42 Å². The van der Waals surface area contributed by atoms with Crippen LogP contribution in [-0.2, 0) is 11.0 Å². The smallest absolute Gasteiger partial charge is 0.416 e. The summed E-state index contributed by atoms with van der Waals surface area (Å²) in [5.41, 5.74) is 0.739. The molecule has 0 spiro atoms. The molecule has 0 aliphatic carbocycles. The number of hydrogen-bond donors (Lipinski definition) is 1. The molecule has 0 fully saturated rings. The minimum atomic E-state index is -4.33. The Hall–Kier alpha value is -1.78. The predicted octanol–water partition coefficient (Wildman–Crippen LogP) is 3.97. The zero-order valence-electron chi connectivity index (χ0n) is 9.79. The second kappa shape index (κ2) is 5.71. The molecule has 0 saturated heterocycles. The first-order valence-electron chi connectivity index (χ1n) is 5.37. The van der Waals surface area contributed by atoms with Gasteiger partial charge in [-0.2, -0.15) is 13.2 Å². The van der Waals surface area contributed by atoms with Gasteiger partial charge < -0.3 is 5.11 Å². The van der Waals surface area contributed by atoms with Gasteiger partial charge in [-0.1, -0.05) is 18.2 Å². The van der Waals surface area contributed by atoms with Crippen LogP contribution in [0.25, 0.3) is 5.57 Å². The van der Waals surface area contributed by atoms with Crippen molar-refractivity contribution in [2.24, 2.45) is 0 Å². The van der Waals surface area contributed by atoms with Gasteiger partial charge in [0.25, 0.3) is 0 Å². The normalized spacial score (nSPS) is 12.6. The molecule has 0 heterocycles. The molecule has 5 heteroatoms. The number of benzene rings is 1. The molecule has 1 aromatic carbocycles. The molecule has 0 bridgehead atoms. The molecule has 1 N–H and O–H groups in total. The van der Waals surface area contributed by atoms with E-state index < -0.39 is 17.7 Å². The largest absolute Gasteiger partial charge is 0.481 e. The number of halogens is 3. The minimum absolute atomic E-state index is 0.0119. The lowest BCUT2D eigenvalue weighted by Gasteiger charge is -2.07. The third-order valence-corrected chi connectivity index (χ3v) is 2.48. The number of carboxylic acid groups (broad SMARTS) is 1. The van der Waals surface area contributed by atoms with Crippen LogP contribution in [0.4, 0.5) is 13.2 Å². The summed E-state index contributed by atoms with van der Waals surface area (Å²) in [5, 5.41) is 8.47. The van der Waals surface area contributed by atoms with Crippen LogP contribution < -0.4 is 0 Å². The first-order chi connectivity index (χ1) is 8.30. The highest BCUT2D eigenvalue weighted by Crippen LogP contribution is 2.30. The fourth-order valence-electron chi connectivity index (χ4n) is 1.45. The van der Waals surface area contributed by atoms with Gasteiger partial charge in [-0.25, -0.2) is 0 Å². The van der Waals surface area contributed by atoms with E-state index in [0.717, 1.165) is 17.7 Å². The Morgan fingerprint density at radius 3 is 2.28 bits per heavy atom. The van der Waals surface area contributed by atoms with Gasteiger partial charge in [-0.3, -0.25) is 4.79 Å². The van der Waals surface area contributed by atoms with E-state index in [0.29, 0.717) is 12.0 Å². The summed E-state index contributed by atoms with van der Waals surface area (Å²) in [7, 11) is 0. The van der Waals surface area contributed by atoms with Gasteiger partial charge >= 0.3 is 12.1 Å². The zero-order chi connectivity index (χ0) is 13.8. The fraction of sp³-hybridized carbons (Fsp3) is 0.308. The van der Waals surface area contributed by atoms with Crippen molar-refractivity contribution in [2.75, 3.05) is 0 Å². The average molecular weight is 258 g/mol. The lowest BCUT2D eigenvalue weighted by atomic mass is 10.0. The minimum Gasteiger partial charge on any atom is -0.481 e. The molecule has 2 nitrogen and oxygen atoms in total. The van der Waals surface area contributed by atoms with E-state index in [2.05, 4.69) is 0 Å². The Morgan fingerprint density at radius 1 is 1.28 bits per heavy atom. The monoisotopic (exact) mass is 258 g/mol. The van der Waals surface area contributed by atoms with E-state index in [4.69, 9.17) is 5.11 Å². The van der Waals surface area contributed by atoms with E-state index in [1.54, 1.807) is 13.0 Å². The van der Waals surface area contributed by atoms with Crippen molar-refractivity contribution in [2.45, 2.75) is 25.9 Å². The van der Waals surface area contributed by atoms with Crippen molar-refractivity contribution in [3.8, 4) is 0 Å². The Bertz CT molecular complexity index is 444. The average Bonchev–Trinajstić information content (AvgIpc) is 2.27. The van der Waals surface area contributed by atoms with Crippen LogP contribution in [0.1, 0.15) is 30.9 Å². The zero-order valence-corrected chi connectivity index (χ0v) is 9.79. The van der Waals surface area contributed by atoms with E-state index in [1.165, 1.54) is 12.1 Å². The maximum absolute atomic E-state index is 12.3. The first-order valence-corrected chi connectivity index (χ1v) is 5.37. The lowest BCUT2D eigenvalue weighted by Crippen LogP contribution is -2.04. The highest BCUT2D eigenvalue weighted by atomic mass is 19.4. The molecule has 0 saturated carbocycles. The van der Waals surface area contributed by atoms with Crippen LogP contribution >= 0.6 is 0 Å². The number of carboxylic acids is 1. The SMILES string of the molecule is C/C(=C\CCC(=O)O)c1ccc(C(F)(F)F)cc1. The van der Waals surface area contributed by atoms with Crippen molar-refractivity contribution in [1.82, 2.24) is 0 Å². The Kier molecular flexibility index (Phi) is 4.53. The molecule has 0 atom stereocenters. The topological polar surface area (TPSA) is 37.3 Å². The second-order valence-corrected chi connectivity index (χ2v) is 3.89. The van der Waals surface area contributed by atoms with Crippen LogP contribution in [0.15, 0.2) is 30.3 Å². The molecule has 1 aromatic rings. The Labute approximate surface area is 103 Å². The summed E-state index contributed by atoms with van der Waals surface area (Å²) in [6, 6.07) is 4.80. The quantitative estimate of drug-likeness (QED) is 0.887. The van der Waals surface area contributed by atoms with Gasteiger partial charge in [0, 0.05) is 6.42 Å². The number of rotatable bonds is 4. The van der Waals surface area contributed by atoms with Crippen molar-refractivity contribution in [1.29, 1.82) is 0 Å². The summed E-state index contributed by atoms with van der Waals surface area (Å²) in [6.45, 7) is 1.74. The second-order valence-electron chi connectivity index (χ2n) is 3.89. The Morgan fingerprint density at radius 2 is 1.83 bits per heavy atom. The highest BCUT2D eigenvalue weighted by Gasteiger charge is 2.29. The molecule has 1 rings (SSSR count). The number of allylic oxidation sites excluding steroid dienone is 2. The highest BCUT2D eigenvalue weighted by molar-refractivity contribution is 5.68. The predicted molar refractivity (Wildman–Crippen MR) is 62.0 cm³/mol. The molecule has 0 unspecified atom stereocenters. The van der Waals surface area contributed by atoms with Crippen LogP contribution in [0, 0.1) is 0 Å². The third-order valence-electron chi connectivity index (χ3n) is 2.48. The molecule has 0 radical (unpaired) electrons. The standard InChI is InChI=1S/C13H13F3O2/c1-9(3-2-4-12(17)18)10-5-7-11(8-6-10)13(14,15)16/h3,5-8H,2,4H2,1H3,(H,17,18)/b9-3+. The van der Waals surface area contributed by atoms with Gasteiger partial charge in [0.2, 0.25) is 0 Å². The summed E-state index contributed by atoms with van der Waals surface area (Å²) < 4.78 is 37.0. The van der Waals surface area contributed by atoms with E-state index in [9.17, 15) is 18.0 Å². The molecule has 0 aromatic heterocycles. The maximum atomic E-state index is 12.3. The van der Waals surface area contributed by atoms with Crippen LogP contribution in [0.3, 0.4) is 0 Å². The number of hydrogen-bond acceptors (Lipinski definition) is 1. The van der Waals surface area contributed by atoms with E-state index in [1.807, 2.05) is 0 Å². The van der Waals surface area contributed by atoms with Crippen LogP contribution in [0.5, 0.6) is 0 Å². The molecule has 0 aliphatic rings. The number of aliphatic carboxylic acids is 1. The van der Waals surface area contributed by atoms with Crippen molar-refractivity contribution in [3.05, 3.63) is 41.5 Å². The molecular formula is C13H13F3O2. The van der Waals surface area contributed by atoms with Crippen LogP contribution in [-0.4, -0.2) is 11.1 Å². The van der Waals surface area contributed by atoms with Gasteiger partial charge in [-0.05, 0) is 36.6 Å². The molecule has 0 amide bonds. The summed E-state index contributed by atoms with van der Waals surface area (Å²) in [4.78, 5) is 10.3. The summed E-state index contributed by atoms with van der Waals surface area (Å²) >= 11 is 0. The third kappa shape index (κ3) is 4.24. The lowest BCUT2D eigenvalue weighted by molar-refractivity contribution is -0.138. The van der Waals surface area contributed by atoms with Crippen molar-refractivity contribution in [3.63, 3.8) is 0 Å². The first kappa shape index (κ1) is 14.3. The Balaban J connectivity index is 2.76. The van der Waals surface area contributed by atoms with E-state index >= 15 is 0 Å². The summed E-state index contributed by atoms with van der Waals surface area (Å²) in [6.07, 6.45) is -2.25. The molecule has 18 heavy (non-hydrogen) atoms. The maximum Gasteiger partial charge on any atom is 0.416 e. The molecular weight excluding hydrogens is 245 g/mol. The van der Waals surface area contributed by atoms with Gasteiger partial charge in [-0.15, -0.1) is 0 Å². The number of alkyl halides is 3. The fourth-order valence-corrected chi connectivity index (χ4v) is 1.45. The van der Waals surface area contributed by atoms with Crippen LogP contribution in [0.2, 0.25) is 0 Å². The summed E-state index contributed by atoms with van der Waals surface area (Å²) in [5.74, 6) is -0.897. The van der Waals surface area contributed by atoms with Gasteiger partial charge in [0.1, 0.15) is 0 Å². The van der Waals surface area contributed by atoms with Crippen molar-refractivity contribution >= 4 is 11.5 Å². The molecule has 98 valence electrons. The van der Waals surface area contributed by atoms with Gasteiger partial charge in [0.15, 0.2) is 0 Å².